The van der Waals surface area contributed by atoms with Crippen molar-refractivity contribution >= 4 is 35.2 Å². The molecule has 0 aromatic carbocycles. The molecule has 1 aliphatic heterocycles. The van der Waals surface area contributed by atoms with Crippen molar-refractivity contribution in [3.05, 3.63) is 6.07 Å². The van der Waals surface area contributed by atoms with E-state index in [0.717, 1.165) is 17.5 Å². The average molecular weight is 271 g/mol. The molecule has 2 rings (SSSR count). The summed E-state index contributed by atoms with van der Waals surface area (Å²) in [5, 5.41) is 4.78. The largest absolute Gasteiger partial charge is 0.369 e. The van der Waals surface area contributed by atoms with Crippen molar-refractivity contribution in [2.24, 2.45) is 5.84 Å². The molecular formula is C10H17N5S2. The molecule has 0 saturated carbocycles. The molecule has 5 nitrogen and oxygen atoms in total. The Labute approximate surface area is 110 Å². The van der Waals surface area contributed by atoms with Gasteiger partial charge >= 0.3 is 0 Å². The van der Waals surface area contributed by atoms with Crippen molar-refractivity contribution in [2.75, 3.05) is 29.3 Å². The summed E-state index contributed by atoms with van der Waals surface area (Å²) < 4.78 is 0. The lowest BCUT2D eigenvalue weighted by atomic mass is 10.2. The Kier molecular flexibility index (Phi) is 4.75. The van der Waals surface area contributed by atoms with Gasteiger partial charge in [-0.1, -0.05) is 11.8 Å². The van der Waals surface area contributed by atoms with Gasteiger partial charge in [0.15, 0.2) is 5.16 Å². The average Bonchev–Trinajstić information content (AvgIpc) is 2.89. The van der Waals surface area contributed by atoms with Crippen LogP contribution in [0.1, 0.15) is 12.8 Å². The van der Waals surface area contributed by atoms with Gasteiger partial charge in [-0.3, -0.25) is 0 Å². The Morgan fingerprint density at radius 3 is 3.00 bits per heavy atom. The highest BCUT2D eigenvalue weighted by molar-refractivity contribution is 8.00. The highest BCUT2D eigenvalue weighted by Gasteiger charge is 2.15. The van der Waals surface area contributed by atoms with Gasteiger partial charge in [0, 0.05) is 17.9 Å². The van der Waals surface area contributed by atoms with Crippen LogP contribution in [0, 0.1) is 0 Å². The van der Waals surface area contributed by atoms with E-state index in [1.54, 1.807) is 0 Å². The van der Waals surface area contributed by atoms with Gasteiger partial charge in [0.1, 0.15) is 11.6 Å². The zero-order chi connectivity index (χ0) is 12.1. The van der Waals surface area contributed by atoms with E-state index in [1.807, 2.05) is 24.1 Å². The number of nitrogens with one attached hydrogen (secondary N) is 2. The van der Waals surface area contributed by atoms with Crippen LogP contribution in [-0.4, -0.2) is 33.8 Å². The van der Waals surface area contributed by atoms with Gasteiger partial charge in [-0.25, -0.2) is 15.8 Å². The second kappa shape index (κ2) is 6.32. The number of hydrogen-bond donors (Lipinski definition) is 3. The highest BCUT2D eigenvalue weighted by atomic mass is 32.2. The minimum absolute atomic E-state index is 0.644. The number of aromatic nitrogens is 2. The van der Waals surface area contributed by atoms with Gasteiger partial charge < -0.3 is 10.7 Å². The molecular weight excluding hydrogens is 254 g/mol. The fraction of sp³-hybridized carbons (Fsp3) is 0.600. The monoisotopic (exact) mass is 271 g/mol. The lowest BCUT2D eigenvalue weighted by Crippen LogP contribution is -2.16. The molecule has 4 N–H and O–H groups in total. The first-order valence-electron chi connectivity index (χ1n) is 5.57. The van der Waals surface area contributed by atoms with Crippen LogP contribution in [0.25, 0.3) is 0 Å². The first kappa shape index (κ1) is 12.8. The van der Waals surface area contributed by atoms with Crippen molar-refractivity contribution in [1.29, 1.82) is 0 Å². The van der Waals surface area contributed by atoms with Crippen LogP contribution in [0.2, 0.25) is 0 Å². The van der Waals surface area contributed by atoms with E-state index in [2.05, 4.69) is 20.7 Å². The topological polar surface area (TPSA) is 75.9 Å². The van der Waals surface area contributed by atoms with Gasteiger partial charge in [-0.15, -0.1) is 0 Å². The fourth-order valence-electron chi connectivity index (χ4n) is 1.70. The summed E-state index contributed by atoms with van der Waals surface area (Å²) in [5.41, 5.74) is 2.56. The van der Waals surface area contributed by atoms with Gasteiger partial charge in [-0.2, -0.15) is 11.8 Å². The van der Waals surface area contributed by atoms with Crippen LogP contribution in [0.15, 0.2) is 11.2 Å². The van der Waals surface area contributed by atoms with Crippen LogP contribution in [0.3, 0.4) is 0 Å². The predicted molar refractivity (Wildman–Crippen MR) is 75.6 cm³/mol. The minimum Gasteiger partial charge on any atom is -0.369 e. The normalized spacial score (nSPS) is 19.3. The molecule has 1 aliphatic rings. The second-order valence-electron chi connectivity index (χ2n) is 3.79. The van der Waals surface area contributed by atoms with E-state index >= 15 is 0 Å². The lowest BCUT2D eigenvalue weighted by Gasteiger charge is -2.12. The third kappa shape index (κ3) is 3.65. The SMILES string of the molecule is CSc1nc(NN)cc(NCC2CCCS2)n1. The number of nitrogens with zero attached hydrogens (tertiary/aromatic N) is 2. The molecule has 1 unspecified atom stereocenters. The first-order valence-corrected chi connectivity index (χ1v) is 7.84. The molecule has 17 heavy (non-hydrogen) atoms. The summed E-state index contributed by atoms with van der Waals surface area (Å²) in [5.74, 6) is 8.14. The quantitative estimate of drug-likeness (QED) is 0.326. The standard InChI is InChI=1S/C10H17N5S2/c1-16-10-13-8(5-9(14-10)15-11)12-6-7-3-2-4-17-7/h5,7H,2-4,6,11H2,1H3,(H2,12,13,14,15). The van der Waals surface area contributed by atoms with Gasteiger partial charge in [0.25, 0.3) is 0 Å². The van der Waals surface area contributed by atoms with E-state index in [0.29, 0.717) is 11.1 Å². The van der Waals surface area contributed by atoms with Crippen LogP contribution in [-0.2, 0) is 0 Å². The molecule has 2 heterocycles. The van der Waals surface area contributed by atoms with Crippen molar-refractivity contribution in [1.82, 2.24) is 9.97 Å². The summed E-state index contributed by atoms with van der Waals surface area (Å²) in [6.45, 7) is 0.958. The van der Waals surface area contributed by atoms with Gasteiger partial charge in [0.05, 0.1) is 0 Å². The van der Waals surface area contributed by atoms with Gasteiger partial charge in [0.2, 0.25) is 0 Å². The summed E-state index contributed by atoms with van der Waals surface area (Å²) >= 11 is 3.54. The molecule has 0 bridgehead atoms. The Morgan fingerprint density at radius 1 is 1.53 bits per heavy atom. The molecule has 1 atom stereocenters. The van der Waals surface area contributed by atoms with E-state index in [-0.39, 0.29) is 0 Å². The molecule has 0 aliphatic carbocycles. The molecule has 1 aromatic rings. The Bertz CT molecular complexity index is 345. The molecule has 94 valence electrons. The smallest absolute Gasteiger partial charge is 0.191 e. The number of nitrogen functional groups attached to an aromatic ring is 1. The molecule has 1 saturated heterocycles. The number of nitrogens with two attached hydrogens (primary N) is 1. The summed E-state index contributed by atoms with van der Waals surface area (Å²) in [6.07, 6.45) is 4.57. The fourth-order valence-corrected chi connectivity index (χ4v) is 3.29. The number of rotatable bonds is 5. The molecule has 1 aromatic heterocycles. The van der Waals surface area contributed by atoms with E-state index < -0.39 is 0 Å². The maximum Gasteiger partial charge on any atom is 0.191 e. The third-order valence-electron chi connectivity index (χ3n) is 2.57. The van der Waals surface area contributed by atoms with Crippen molar-refractivity contribution in [3.8, 4) is 0 Å². The van der Waals surface area contributed by atoms with Gasteiger partial charge in [-0.05, 0) is 24.9 Å². The highest BCUT2D eigenvalue weighted by Crippen LogP contribution is 2.26. The van der Waals surface area contributed by atoms with Crippen LogP contribution < -0.4 is 16.6 Å². The minimum atomic E-state index is 0.644. The Morgan fingerprint density at radius 2 is 2.35 bits per heavy atom. The van der Waals surface area contributed by atoms with E-state index in [1.165, 1.54) is 30.4 Å². The number of hydrazine groups is 1. The zero-order valence-corrected chi connectivity index (χ0v) is 11.4. The zero-order valence-electron chi connectivity index (χ0n) is 9.77. The third-order valence-corrected chi connectivity index (χ3v) is 4.52. The molecule has 0 radical (unpaired) electrons. The molecule has 0 amide bonds. The van der Waals surface area contributed by atoms with E-state index in [4.69, 9.17) is 5.84 Å². The summed E-state index contributed by atoms with van der Waals surface area (Å²) in [7, 11) is 0. The maximum atomic E-state index is 5.38. The van der Waals surface area contributed by atoms with Crippen LogP contribution in [0.4, 0.5) is 11.6 Å². The molecule has 1 fully saturated rings. The number of thioether (sulfide) groups is 2. The lowest BCUT2D eigenvalue weighted by molar-refractivity contribution is 0.800. The van der Waals surface area contributed by atoms with Crippen molar-refractivity contribution < 1.29 is 0 Å². The second-order valence-corrected chi connectivity index (χ2v) is 5.97. The summed E-state index contributed by atoms with van der Waals surface area (Å²) in [6, 6.07) is 1.83. The number of hydrogen-bond acceptors (Lipinski definition) is 7. The first-order chi connectivity index (χ1) is 8.31. The Balaban J connectivity index is 1.98. The van der Waals surface area contributed by atoms with Crippen LogP contribution >= 0.6 is 23.5 Å². The maximum absolute atomic E-state index is 5.38. The van der Waals surface area contributed by atoms with Crippen LogP contribution in [0.5, 0.6) is 0 Å². The van der Waals surface area contributed by atoms with Crippen molar-refractivity contribution in [2.45, 2.75) is 23.2 Å². The van der Waals surface area contributed by atoms with Crippen molar-refractivity contribution in [3.63, 3.8) is 0 Å². The predicted octanol–water partition coefficient (Wildman–Crippen LogP) is 1.79. The van der Waals surface area contributed by atoms with E-state index in [9.17, 15) is 0 Å². The number of anilines is 2. The Hall–Kier alpha value is -0.660. The molecule has 0 spiro atoms. The molecule has 7 heteroatoms. The summed E-state index contributed by atoms with van der Waals surface area (Å²) in [4.78, 5) is 8.62.